The van der Waals surface area contributed by atoms with Gasteiger partial charge in [-0.1, -0.05) is 13.0 Å². The van der Waals surface area contributed by atoms with Crippen molar-refractivity contribution in [1.29, 1.82) is 0 Å². The highest BCUT2D eigenvalue weighted by Gasteiger charge is 2.28. The van der Waals surface area contributed by atoms with Gasteiger partial charge in [-0.3, -0.25) is 4.98 Å². The van der Waals surface area contributed by atoms with Gasteiger partial charge in [-0.25, -0.2) is 0 Å². The Morgan fingerprint density at radius 3 is 3.31 bits per heavy atom. The Morgan fingerprint density at radius 2 is 2.50 bits per heavy atom. The van der Waals surface area contributed by atoms with Crippen LogP contribution in [-0.4, -0.2) is 24.2 Å². The largest absolute Gasteiger partial charge is 0.380 e. The lowest BCUT2D eigenvalue weighted by Crippen LogP contribution is -2.32. The molecule has 0 amide bonds. The summed E-state index contributed by atoms with van der Waals surface area (Å²) >= 11 is 0. The molecule has 1 aliphatic rings. The average molecular weight is 220 g/mol. The van der Waals surface area contributed by atoms with Gasteiger partial charge >= 0.3 is 0 Å². The molecule has 1 aromatic rings. The summed E-state index contributed by atoms with van der Waals surface area (Å²) in [5.74, 6) is 0.382. The zero-order chi connectivity index (χ0) is 11.4. The van der Waals surface area contributed by atoms with E-state index in [0.717, 1.165) is 25.9 Å². The van der Waals surface area contributed by atoms with Crippen molar-refractivity contribution in [2.24, 2.45) is 5.73 Å². The monoisotopic (exact) mass is 220 g/mol. The van der Waals surface area contributed by atoms with Gasteiger partial charge in [0.25, 0.3) is 0 Å². The zero-order valence-corrected chi connectivity index (χ0v) is 9.86. The van der Waals surface area contributed by atoms with Crippen LogP contribution in [0, 0.1) is 0 Å². The van der Waals surface area contributed by atoms with Crippen molar-refractivity contribution >= 4 is 0 Å². The quantitative estimate of drug-likeness (QED) is 0.771. The van der Waals surface area contributed by atoms with Gasteiger partial charge < -0.3 is 10.5 Å². The maximum absolute atomic E-state index is 6.17. The summed E-state index contributed by atoms with van der Waals surface area (Å²) in [7, 11) is 0. The van der Waals surface area contributed by atoms with Crippen LogP contribution in [0.25, 0.3) is 0 Å². The molecule has 3 heteroatoms. The van der Waals surface area contributed by atoms with Crippen LogP contribution in [0.4, 0.5) is 0 Å². The minimum Gasteiger partial charge on any atom is -0.380 e. The van der Waals surface area contributed by atoms with E-state index in [0.29, 0.717) is 12.5 Å². The number of aryl methyl sites for hydroxylation is 1. The van der Waals surface area contributed by atoms with Crippen molar-refractivity contribution < 1.29 is 4.74 Å². The van der Waals surface area contributed by atoms with Gasteiger partial charge in [0.15, 0.2) is 0 Å². The molecule has 2 unspecified atom stereocenters. The minimum absolute atomic E-state index is 0.0858. The van der Waals surface area contributed by atoms with E-state index in [2.05, 4.69) is 18.0 Å². The van der Waals surface area contributed by atoms with Gasteiger partial charge in [0.1, 0.15) is 0 Å². The van der Waals surface area contributed by atoms with Gasteiger partial charge in [-0.05, 0) is 30.9 Å². The molecule has 2 N–H and O–H groups in total. The molecule has 0 aromatic carbocycles. The van der Waals surface area contributed by atoms with Crippen LogP contribution in [0.5, 0.6) is 0 Å². The van der Waals surface area contributed by atoms with Gasteiger partial charge in [0, 0.05) is 30.5 Å². The number of fused-ring (bicyclic) bond motifs is 1. The van der Waals surface area contributed by atoms with Crippen LogP contribution >= 0.6 is 0 Å². The highest BCUT2D eigenvalue weighted by Crippen LogP contribution is 2.32. The second-order valence-electron chi connectivity index (χ2n) is 4.43. The van der Waals surface area contributed by atoms with Gasteiger partial charge in [-0.2, -0.15) is 0 Å². The molecule has 88 valence electrons. The van der Waals surface area contributed by atoms with Crippen molar-refractivity contribution in [3.8, 4) is 0 Å². The Morgan fingerprint density at radius 1 is 1.62 bits per heavy atom. The molecular weight excluding hydrogens is 200 g/mol. The van der Waals surface area contributed by atoms with Crippen LogP contribution in [0.1, 0.15) is 36.9 Å². The normalized spacial score (nSPS) is 20.8. The lowest BCUT2D eigenvalue weighted by Gasteiger charge is -2.19. The first kappa shape index (κ1) is 11.6. The molecule has 0 aliphatic heterocycles. The van der Waals surface area contributed by atoms with Crippen LogP contribution in [0.15, 0.2) is 18.3 Å². The fraction of sp³-hybridized carbons (Fsp3) is 0.615. The molecule has 0 radical (unpaired) electrons. The minimum atomic E-state index is 0.0858. The third kappa shape index (κ3) is 2.42. The van der Waals surface area contributed by atoms with Crippen LogP contribution in [0.3, 0.4) is 0 Å². The topological polar surface area (TPSA) is 48.1 Å². The van der Waals surface area contributed by atoms with Crippen molar-refractivity contribution in [3.05, 3.63) is 29.6 Å². The fourth-order valence-corrected chi connectivity index (χ4v) is 2.34. The summed E-state index contributed by atoms with van der Waals surface area (Å²) < 4.78 is 5.52. The standard InChI is InChI=1S/C13H20N2O/c1-2-8-16-9-12(14)11-6-5-10-4-3-7-15-13(10)11/h3-4,7,11-12H,2,5-6,8-9,14H2,1H3. The lowest BCUT2D eigenvalue weighted by atomic mass is 9.98. The molecule has 0 saturated carbocycles. The number of nitrogens with two attached hydrogens (primary N) is 1. The number of nitrogens with zero attached hydrogens (tertiary/aromatic N) is 1. The summed E-state index contributed by atoms with van der Waals surface area (Å²) in [6, 6.07) is 4.24. The smallest absolute Gasteiger partial charge is 0.0624 e. The summed E-state index contributed by atoms with van der Waals surface area (Å²) in [6.45, 7) is 3.56. The first-order valence-corrected chi connectivity index (χ1v) is 6.10. The fourth-order valence-electron chi connectivity index (χ4n) is 2.34. The number of pyridine rings is 1. The number of aromatic nitrogens is 1. The van der Waals surface area contributed by atoms with Crippen molar-refractivity contribution in [1.82, 2.24) is 4.98 Å². The van der Waals surface area contributed by atoms with Crippen molar-refractivity contribution in [2.45, 2.75) is 38.1 Å². The summed E-state index contributed by atoms with van der Waals surface area (Å²) in [6.07, 6.45) is 5.13. The third-order valence-electron chi connectivity index (χ3n) is 3.18. The Hall–Kier alpha value is -0.930. The number of rotatable bonds is 5. The molecule has 1 aliphatic carbocycles. The first-order chi connectivity index (χ1) is 7.83. The molecule has 2 atom stereocenters. The highest BCUT2D eigenvalue weighted by molar-refractivity contribution is 5.29. The number of ether oxygens (including phenoxy) is 1. The molecule has 0 spiro atoms. The lowest BCUT2D eigenvalue weighted by molar-refractivity contribution is 0.114. The maximum atomic E-state index is 6.17. The molecule has 0 bridgehead atoms. The third-order valence-corrected chi connectivity index (χ3v) is 3.18. The van der Waals surface area contributed by atoms with E-state index in [1.54, 1.807) is 0 Å². The van der Waals surface area contributed by atoms with Crippen LogP contribution in [-0.2, 0) is 11.2 Å². The number of hydrogen-bond donors (Lipinski definition) is 1. The first-order valence-electron chi connectivity index (χ1n) is 6.10. The van der Waals surface area contributed by atoms with E-state index >= 15 is 0 Å². The Bertz CT molecular complexity index is 340. The Kier molecular flexibility index (Phi) is 3.91. The van der Waals surface area contributed by atoms with E-state index in [1.165, 1.54) is 11.3 Å². The maximum Gasteiger partial charge on any atom is 0.0624 e. The van der Waals surface area contributed by atoms with E-state index in [1.807, 2.05) is 12.3 Å². The van der Waals surface area contributed by atoms with E-state index < -0.39 is 0 Å². The SMILES string of the molecule is CCCOCC(N)C1CCc2cccnc21. The molecular formula is C13H20N2O. The van der Waals surface area contributed by atoms with Gasteiger partial charge in [-0.15, -0.1) is 0 Å². The van der Waals surface area contributed by atoms with Crippen LogP contribution in [0.2, 0.25) is 0 Å². The van der Waals surface area contributed by atoms with Crippen molar-refractivity contribution in [2.75, 3.05) is 13.2 Å². The molecule has 1 aromatic heterocycles. The summed E-state index contributed by atoms with van der Waals surface area (Å²) in [5.41, 5.74) is 8.72. The predicted octanol–water partition coefficient (Wildman–Crippen LogP) is 1.87. The van der Waals surface area contributed by atoms with Crippen LogP contribution < -0.4 is 5.73 Å². The van der Waals surface area contributed by atoms with E-state index in [-0.39, 0.29) is 6.04 Å². The second kappa shape index (κ2) is 5.41. The second-order valence-corrected chi connectivity index (χ2v) is 4.43. The average Bonchev–Trinajstić information content (AvgIpc) is 2.73. The molecule has 0 saturated heterocycles. The molecule has 2 rings (SSSR count). The van der Waals surface area contributed by atoms with E-state index in [9.17, 15) is 0 Å². The van der Waals surface area contributed by atoms with Crippen molar-refractivity contribution in [3.63, 3.8) is 0 Å². The molecule has 1 heterocycles. The summed E-state index contributed by atoms with van der Waals surface area (Å²) in [4.78, 5) is 4.45. The Labute approximate surface area is 97.0 Å². The molecule has 16 heavy (non-hydrogen) atoms. The molecule has 0 fully saturated rings. The summed E-state index contributed by atoms with van der Waals surface area (Å²) in [5, 5.41) is 0. The van der Waals surface area contributed by atoms with Gasteiger partial charge in [0.05, 0.1) is 6.61 Å². The zero-order valence-electron chi connectivity index (χ0n) is 9.86. The molecule has 3 nitrogen and oxygen atoms in total. The highest BCUT2D eigenvalue weighted by atomic mass is 16.5. The predicted molar refractivity (Wildman–Crippen MR) is 64.4 cm³/mol. The van der Waals surface area contributed by atoms with Gasteiger partial charge in [0.2, 0.25) is 0 Å². The van der Waals surface area contributed by atoms with E-state index in [4.69, 9.17) is 10.5 Å². The Balaban J connectivity index is 1.96. The number of hydrogen-bond acceptors (Lipinski definition) is 3.